The van der Waals surface area contributed by atoms with Crippen molar-refractivity contribution in [3.63, 3.8) is 0 Å². The van der Waals surface area contributed by atoms with Crippen molar-refractivity contribution in [3.8, 4) is 6.07 Å². The van der Waals surface area contributed by atoms with Crippen LogP contribution in [0.5, 0.6) is 0 Å². The number of nitrogens with one attached hydrogen (secondary N) is 1. The summed E-state index contributed by atoms with van der Waals surface area (Å²) in [5.74, 6) is -0.791. The van der Waals surface area contributed by atoms with Gasteiger partial charge in [-0.25, -0.2) is 4.39 Å². The van der Waals surface area contributed by atoms with E-state index in [2.05, 4.69) is 11.4 Å². The standard InChI is InChI=1S/C20H27FN4O2/c1-14(2)20(4,13-22)23-18(26)12-24-7-9-25(10-8-24)19(27)16-6-5-15(3)17(21)11-16/h5-6,11,14H,7-10,12H2,1-4H3,(H,23,26). The molecule has 1 aliphatic rings. The fourth-order valence-corrected chi connectivity index (χ4v) is 2.85. The molecule has 0 radical (unpaired) electrons. The lowest BCUT2D eigenvalue weighted by Gasteiger charge is -2.35. The first kappa shape index (κ1) is 20.8. The van der Waals surface area contributed by atoms with Crippen LogP contribution in [0.4, 0.5) is 4.39 Å². The highest BCUT2D eigenvalue weighted by molar-refractivity contribution is 5.94. The number of halogens is 1. The first-order chi connectivity index (χ1) is 12.7. The van der Waals surface area contributed by atoms with Crippen molar-refractivity contribution in [2.24, 2.45) is 5.92 Å². The van der Waals surface area contributed by atoms with Gasteiger partial charge < -0.3 is 10.2 Å². The zero-order valence-corrected chi connectivity index (χ0v) is 16.4. The summed E-state index contributed by atoms with van der Waals surface area (Å²) in [6.45, 7) is 9.39. The minimum absolute atomic E-state index is 0.00387. The van der Waals surface area contributed by atoms with Gasteiger partial charge in [-0.15, -0.1) is 0 Å². The maximum atomic E-state index is 13.7. The van der Waals surface area contributed by atoms with E-state index in [-0.39, 0.29) is 30.1 Å². The lowest BCUT2D eigenvalue weighted by molar-refractivity contribution is -0.124. The van der Waals surface area contributed by atoms with E-state index in [0.29, 0.717) is 37.3 Å². The van der Waals surface area contributed by atoms with E-state index >= 15 is 0 Å². The first-order valence-corrected chi connectivity index (χ1v) is 9.16. The van der Waals surface area contributed by atoms with Gasteiger partial charge in [0.2, 0.25) is 5.91 Å². The third-order valence-electron chi connectivity index (χ3n) is 5.23. The molecule has 2 amide bonds. The summed E-state index contributed by atoms with van der Waals surface area (Å²) in [5.41, 5.74) is -0.0520. The average molecular weight is 374 g/mol. The normalized spacial score (nSPS) is 17.3. The molecule has 2 rings (SSSR count). The van der Waals surface area contributed by atoms with Crippen LogP contribution in [0.1, 0.15) is 36.7 Å². The second kappa shape index (κ2) is 8.49. The van der Waals surface area contributed by atoms with Crippen LogP contribution in [0.15, 0.2) is 18.2 Å². The largest absolute Gasteiger partial charge is 0.337 e. The van der Waals surface area contributed by atoms with E-state index in [9.17, 15) is 19.2 Å². The predicted octanol–water partition coefficient (Wildman–Crippen LogP) is 1.95. The highest BCUT2D eigenvalue weighted by Crippen LogP contribution is 2.16. The van der Waals surface area contributed by atoms with Crippen molar-refractivity contribution in [1.29, 1.82) is 5.26 Å². The molecular formula is C20H27FN4O2. The zero-order chi connectivity index (χ0) is 20.2. The Labute approximate surface area is 159 Å². The Balaban J connectivity index is 1.88. The van der Waals surface area contributed by atoms with Gasteiger partial charge in [-0.2, -0.15) is 5.26 Å². The molecule has 1 unspecified atom stereocenters. The highest BCUT2D eigenvalue weighted by atomic mass is 19.1. The number of nitrogens with zero attached hydrogens (tertiary/aromatic N) is 3. The molecule has 27 heavy (non-hydrogen) atoms. The molecule has 6 nitrogen and oxygen atoms in total. The summed E-state index contributed by atoms with van der Waals surface area (Å²) < 4.78 is 13.7. The molecule has 7 heteroatoms. The lowest BCUT2D eigenvalue weighted by Crippen LogP contribution is -2.55. The predicted molar refractivity (Wildman–Crippen MR) is 100 cm³/mol. The summed E-state index contributed by atoms with van der Waals surface area (Å²) in [4.78, 5) is 28.4. The van der Waals surface area contributed by atoms with Crippen LogP contribution in [0.3, 0.4) is 0 Å². The fraction of sp³-hybridized carbons (Fsp3) is 0.550. The van der Waals surface area contributed by atoms with Crippen LogP contribution in [0.25, 0.3) is 0 Å². The van der Waals surface area contributed by atoms with E-state index in [1.807, 2.05) is 18.7 Å². The molecular weight excluding hydrogens is 347 g/mol. The summed E-state index contributed by atoms with van der Waals surface area (Å²) in [5, 5.41) is 12.1. The van der Waals surface area contributed by atoms with Gasteiger partial charge in [-0.3, -0.25) is 14.5 Å². The van der Waals surface area contributed by atoms with Crippen LogP contribution in [-0.4, -0.2) is 59.9 Å². The van der Waals surface area contributed by atoms with Gasteiger partial charge in [0.1, 0.15) is 11.4 Å². The molecule has 1 aromatic carbocycles. The quantitative estimate of drug-likeness (QED) is 0.855. The molecule has 1 fully saturated rings. The maximum Gasteiger partial charge on any atom is 0.254 e. The SMILES string of the molecule is Cc1ccc(C(=O)N2CCN(CC(=O)NC(C)(C#N)C(C)C)CC2)cc1F. The number of carbonyl (C=O) groups excluding carboxylic acids is 2. The van der Waals surface area contributed by atoms with Gasteiger partial charge in [0.25, 0.3) is 5.91 Å². The molecule has 0 bridgehead atoms. The molecule has 1 atom stereocenters. The molecule has 1 saturated heterocycles. The van der Waals surface area contributed by atoms with Crippen LogP contribution >= 0.6 is 0 Å². The Bertz CT molecular complexity index is 751. The Morgan fingerprint density at radius 1 is 1.30 bits per heavy atom. The van der Waals surface area contributed by atoms with Gasteiger partial charge in [0.15, 0.2) is 0 Å². The lowest BCUT2D eigenvalue weighted by atomic mass is 9.90. The van der Waals surface area contributed by atoms with Gasteiger partial charge in [-0.1, -0.05) is 19.9 Å². The zero-order valence-electron chi connectivity index (χ0n) is 16.4. The number of aryl methyl sites for hydroxylation is 1. The van der Waals surface area contributed by atoms with Crippen LogP contribution in [0, 0.1) is 30.0 Å². The van der Waals surface area contributed by atoms with Crippen molar-refractivity contribution in [2.75, 3.05) is 32.7 Å². The topological polar surface area (TPSA) is 76.4 Å². The van der Waals surface area contributed by atoms with Crippen LogP contribution < -0.4 is 5.32 Å². The molecule has 1 heterocycles. The molecule has 0 spiro atoms. The number of piperazine rings is 1. The van der Waals surface area contributed by atoms with Crippen molar-refractivity contribution >= 4 is 11.8 Å². The molecule has 0 saturated carbocycles. The summed E-state index contributed by atoms with van der Waals surface area (Å²) >= 11 is 0. The number of nitriles is 1. The van der Waals surface area contributed by atoms with Crippen LogP contribution in [-0.2, 0) is 4.79 Å². The van der Waals surface area contributed by atoms with Crippen LogP contribution in [0.2, 0.25) is 0 Å². The second-order valence-corrected chi connectivity index (χ2v) is 7.55. The summed E-state index contributed by atoms with van der Waals surface area (Å²) in [6.07, 6.45) is 0. The number of hydrogen-bond donors (Lipinski definition) is 1. The van der Waals surface area contributed by atoms with Gasteiger partial charge >= 0.3 is 0 Å². The van der Waals surface area contributed by atoms with Gasteiger partial charge in [0.05, 0.1) is 12.6 Å². The summed E-state index contributed by atoms with van der Waals surface area (Å²) in [6, 6.07) is 6.67. The molecule has 0 aromatic heterocycles. The molecule has 1 aromatic rings. The van der Waals surface area contributed by atoms with E-state index in [4.69, 9.17) is 0 Å². The van der Waals surface area contributed by atoms with E-state index in [0.717, 1.165) is 0 Å². The smallest absolute Gasteiger partial charge is 0.254 e. The third-order valence-corrected chi connectivity index (χ3v) is 5.23. The van der Waals surface area contributed by atoms with Gasteiger partial charge in [0, 0.05) is 31.7 Å². The number of hydrogen-bond acceptors (Lipinski definition) is 4. The molecule has 1 N–H and O–H groups in total. The number of rotatable bonds is 5. The fourth-order valence-electron chi connectivity index (χ4n) is 2.85. The average Bonchev–Trinajstić information content (AvgIpc) is 2.63. The third kappa shape index (κ3) is 5.04. The Morgan fingerprint density at radius 2 is 1.93 bits per heavy atom. The Hall–Kier alpha value is -2.46. The minimum atomic E-state index is -0.898. The molecule has 1 aliphatic heterocycles. The highest BCUT2D eigenvalue weighted by Gasteiger charge is 2.31. The van der Waals surface area contributed by atoms with Crippen molar-refractivity contribution < 1.29 is 14.0 Å². The van der Waals surface area contributed by atoms with E-state index in [1.54, 1.807) is 30.9 Å². The van der Waals surface area contributed by atoms with Crippen molar-refractivity contribution in [1.82, 2.24) is 15.1 Å². The molecule has 146 valence electrons. The minimum Gasteiger partial charge on any atom is -0.337 e. The number of amides is 2. The van der Waals surface area contributed by atoms with Crippen molar-refractivity contribution in [3.05, 3.63) is 35.1 Å². The Morgan fingerprint density at radius 3 is 2.44 bits per heavy atom. The van der Waals surface area contributed by atoms with E-state index in [1.165, 1.54) is 6.07 Å². The van der Waals surface area contributed by atoms with Crippen molar-refractivity contribution in [2.45, 2.75) is 33.2 Å². The summed E-state index contributed by atoms with van der Waals surface area (Å²) in [7, 11) is 0. The maximum absolute atomic E-state index is 13.7. The van der Waals surface area contributed by atoms with E-state index < -0.39 is 5.54 Å². The first-order valence-electron chi connectivity index (χ1n) is 9.16. The molecule has 0 aliphatic carbocycles. The second-order valence-electron chi connectivity index (χ2n) is 7.55. The van der Waals surface area contributed by atoms with Gasteiger partial charge in [-0.05, 0) is 37.5 Å². The number of carbonyl (C=O) groups is 2. The number of benzene rings is 1. The Kier molecular flexibility index (Phi) is 6.55. The monoisotopic (exact) mass is 374 g/mol.